The summed E-state index contributed by atoms with van der Waals surface area (Å²) >= 11 is 0. The van der Waals surface area contributed by atoms with Crippen LogP contribution in [0.25, 0.3) is 10.8 Å². The normalized spacial score (nSPS) is 10.2. The predicted octanol–water partition coefficient (Wildman–Crippen LogP) is 0.126. The second-order valence-corrected chi connectivity index (χ2v) is 4.19. The van der Waals surface area contributed by atoms with Crippen molar-refractivity contribution in [1.29, 1.82) is 0 Å². The Hall–Kier alpha value is -2.67. The maximum Gasteiger partial charge on any atom is 0.270 e. The first-order valence-corrected chi connectivity index (χ1v) is 6.04. The molecule has 7 nitrogen and oxygen atoms in total. The molecule has 1 aromatic carbocycles. The summed E-state index contributed by atoms with van der Waals surface area (Å²) in [5.41, 5.74) is 7.70. The van der Waals surface area contributed by atoms with Crippen LogP contribution in [-0.2, 0) is 4.79 Å². The fraction of sp³-hybridized carbons (Fsp3) is 0.154. The standard InChI is InChI=1S/C13H15N5O2/c14-11(19)5-6-16-13(20)10-7-8-3-1-2-4-9(8)12(17-10)18-15/h1-4,7H,5-6,15H2,(H2,14,19)(H,16,20)(H,17,18). The van der Waals surface area contributed by atoms with Crippen molar-refractivity contribution in [3.8, 4) is 0 Å². The van der Waals surface area contributed by atoms with Crippen molar-refractivity contribution in [1.82, 2.24) is 10.3 Å². The van der Waals surface area contributed by atoms with E-state index in [0.29, 0.717) is 5.82 Å². The van der Waals surface area contributed by atoms with Crippen LogP contribution in [0.15, 0.2) is 30.3 Å². The molecule has 104 valence electrons. The van der Waals surface area contributed by atoms with Crippen molar-refractivity contribution in [3.05, 3.63) is 36.0 Å². The van der Waals surface area contributed by atoms with Gasteiger partial charge in [-0.05, 0) is 11.5 Å². The molecule has 2 aromatic rings. The molecule has 0 radical (unpaired) electrons. The quantitative estimate of drug-likeness (QED) is 0.455. The zero-order valence-corrected chi connectivity index (χ0v) is 10.7. The number of carbonyl (C=O) groups is 2. The van der Waals surface area contributed by atoms with Crippen molar-refractivity contribution in [3.63, 3.8) is 0 Å². The van der Waals surface area contributed by atoms with E-state index in [2.05, 4.69) is 15.7 Å². The Morgan fingerprint density at radius 2 is 2.00 bits per heavy atom. The monoisotopic (exact) mass is 273 g/mol. The minimum Gasteiger partial charge on any atom is -0.370 e. The highest BCUT2D eigenvalue weighted by Gasteiger charge is 2.11. The van der Waals surface area contributed by atoms with E-state index in [1.165, 1.54) is 0 Å². The summed E-state index contributed by atoms with van der Waals surface area (Å²) in [5.74, 6) is 4.99. The molecule has 0 unspecified atom stereocenters. The van der Waals surface area contributed by atoms with Crippen molar-refractivity contribution < 1.29 is 9.59 Å². The number of aromatic nitrogens is 1. The predicted molar refractivity (Wildman–Crippen MR) is 75.7 cm³/mol. The lowest BCUT2D eigenvalue weighted by Gasteiger charge is -2.08. The van der Waals surface area contributed by atoms with Crippen LogP contribution in [0.3, 0.4) is 0 Å². The maximum atomic E-state index is 11.9. The van der Waals surface area contributed by atoms with Gasteiger partial charge in [0.2, 0.25) is 5.91 Å². The van der Waals surface area contributed by atoms with Gasteiger partial charge in [0.15, 0.2) is 0 Å². The number of carbonyl (C=O) groups excluding carboxylic acids is 2. The highest BCUT2D eigenvalue weighted by Crippen LogP contribution is 2.21. The molecule has 1 heterocycles. The number of hydrogen-bond acceptors (Lipinski definition) is 5. The number of nitrogens with two attached hydrogens (primary N) is 2. The second-order valence-electron chi connectivity index (χ2n) is 4.19. The molecule has 0 saturated carbocycles. The largest absolute Gasteiger partial charge is 0.370 e. The maximum absolute atomic E-state index is 11.9. The summed E-state index contributed by atoms with van der Waals surface area (Å²) < 4.78 is 0. The van der Waals surface area contributed by atoms with Gasteiger partial charge in [0.1, 0.15) is 11.5 Å². The number of anilines is 1. The summed E-state index contributed by atoms with van der Waals surface area (Å²) in [4.78, 5) is 26.7. The molecule has 0 aliphatic rings. The van der Waals surface area contributed by atoms with E-state index in [4.69, 9.17) is 11.6 Å². The number of fused-ring (bicyclic) bond motifs is 1. The number of benzene rings is 1. The van der Waals surface area contributed by atoms with Crippen LogP contribution >= 0.6 is 0 Å². The molecule has 0 aliphatic carbocycles. The number of nitrogen functional groups attached to an aromatic ring is 1. The topological polar surface area (TPSA) is 123 Å². The van der Waals surface area contributed by atoms with E-state index in [-0.39, 0.29) is 24.6 Å². The van der Waals surface area contributed by atoms with Gasteiger partial charge in [-0.3, -0.25) is 9.59 Å². The number of nitrogens with zero attached hydrogens (tertiary/aromatic N) is 1. The Bertz CT molecular complexity index is 656. The van der Waals surface area contributed by atoms with E-state index in [1.807, 2.05) is 24.3 Å². The van der Waals surface area contributed by atoms with Crippen molar-refractivity contribution in [2.24, 2.45) is 11.6 Å². The number of amides is 2. The number of pyridine rings is 1. The Morgan fingerprint density at radius 1 is 1.25 bits per heavy atom. The summed E-state index contributed by atoms with van der Waals surface area (Å²) in [6, 6.07) is 9.09. The zero-order valence-electron chi connectivity index (χ0n) is 10.7. The molecule has 0 bridgehead atoms. The van der Waals surface area contributed by atoms with Gasteiger partial charge >= 0.3 is 0 Å². The minimum absolute atomic E-state index is 0.0846. The first kappa shape index (κ1) is 13.8. The van der Waals surface area contributed by atoms with Gasteiger partial charge in [-0.25, -0.2) is 10.8 Å². The van der Waals surface area contributed by atoms with Crippen molar-refractivity contribution >= 4 is 28.4 Å². The van der Waals surface area contributed by atoms with Gasteiger partial charge in [0.25, 0.3) is 5.91 Å². The van der Waals surface area contributed by atoms with Gasteiger partial charge in [-0.15, -0.1) is 0 Å². The van der Waals surface area contributed by atoms with Crippen LogP contribution in [0, 0.1) is 0 Å². The van der Waals surface area contributed by atoms with Gasteiger partial charge < -0.3 is 16.5 Å². The van der Waals surface area contributed by atoms with Gasteiger partial charge in [-0.1, -0.05) is 24.3 Å². The Kier molecular flexibility index (Phi) is 4.11. The van der Waals surface area contributed by atoms with E-state index in [0.717, 1.165) is 10.8 Å². The number of hydrogen-bond donors (Lipinski definition) is 4. The van der Waals surface area contributed by atoms with Crippen LogP contribution in [-0.4, -0.2) is 23.3 Å². The molecule has 1 aromatic heterocycles. The number of nitrogens with one attached hydrogen (secondary N) is 2. The van der Waals surface area contributed by atoms with E-state index in [1.54, 1.807) is 6.07 Å². The molecule has 0 saturated heterocycles. The van der Waals surface area contributed by atoms with Gasteiger partial charge in [0, 0.05) is 18.4 Å². The average molecular weight is 273 g/mol. The van der Waals surface area contributed by atoms with E-state index < -0.39 is 5.91 Å². The summed E-state index contributed by atoms with van der Waals surface area (Å²) in [5, 5.41) is 4.24. The molecule has 7 heteroatoms. The molecule has 0 atom stereocenters. The first-order valence-electron chi connectivity index (χ1n) is 6.04. The summed E-state index contributed by atoms with van der Waals surface area (Å²) in [7, 11) is 0. The van der Waals surface area contributed by atoms with Crippen LogP contribution < -0.4 is 22.3 Å². The molecule has 2 amide bonds. The Morgan fingerprint density at radius 3 is 2.70 bits per heavy atom. The molecular formula is C13H15N5O2. The second kappa shape index (κ2) is 5.98. The third-order valence-corrected chi connectivity index (χ3v) is 2.77. The lowest BCUT2D eigenvalue weighted by molar-refractivity contribution is -0.117. The summed E-state index contributed by atoms with van der Waals surface area (Å²) in [6.07, 6.45) is 0.0846. The molecule has 0 aliphatic heterocycles. The van der Waals surface area contributed by atoms with Crippen LogP contribution in [0.1, 0.15) is 16.9 Å². The Labute approximate surface area is 115 Å². The van der Waals surface area contributed by atoms with Crippen LogP contribution in [0.4, 0.5) is 5.82 Å². The van der Waals surface area contributed by atoms with E-state index in [9.17, 15) is 9.59 Å². The molecule has 2 rings (SSSR count). The number of rotatable bonds is 5. The third kappa shape index (κ3) is 3.01. The fourth-order valence-electron chi connectivity index (χ4n) is 1.81. The van der Waals surface area contributed by atoms with Crippen molar-refractivity contribution in [2.75, 3.05) is 12.0 Å². The summed E-state index contributed by atoms with van der Waals surface area (Å²) in [6.45, 7) is 0.175. The van der Waals surface area contributed by atoms with Crippen LogP contribution in [0.5, 0.6) is 0 Å². The average Bonchev–Trinajstić information content (AvgIpc) is 2.45. The van der Waals surface area contributed by atoms with E-state index >= 15 is 0 Å². The van der Waals surface area contributed by atoms with Crippen LogP contribution in [0.2, 0.25) is 0 Å². The molecule has 0 fully saturated rings. The third-order valence-electron chi connectivity index (χ3n) is 2.77. The SMILES string of the molecule is NNc1nc(C(=O)NCCC(N)=O)cc2ccccc12. The van der Waals surface area contributed by atoms with Gasteiger partial charge in [-0.2, -0.15) is 0 Å². The lowest BCUT2D eigenvalue weighted by atomic mass is 10.1. The highest BCUT2D eigenvalue weighted by molar-refractivity contribution is 6.00. The molecule has 0 spiro atoms. The highest BCUT2D eigenvalue weighted by atomic mass is 16.2. The van der Waals surface area contributed by atoms with Crippen molar-refractivity contribution in [2.45, 2.75) is 6.42 Å². The fourth-order valence-corrected chi connectivity index (χ4v) is 1.81. The van der Waals surface area contributed by atoms with Gasteiger partial charge in [0.05, 0.1) is 0 Å². The molecular weight excluding hydrogens is 258 g/mol. The smallest absolute Gasteiger partial charge is 0.270 e. The Balaban J connectivity index is 2.25. The molecule has 6 N–H and O–H groups in total. The number of hydrazine groups is 1. The first-order chi connectivity index (χ1) is 9.61. The minimum atomic E-state index is -0.471. The lowest BCUT2D eigenvalue weighted by Crippen LogP contribution is -2.28. The molecule has 20 heavy (non-hydrogen) atoms. The zero-order chi connectivity index (χ0) is 14.5. The number of primary amides is 1.